The highest BCUT2D eigenvalue weighted by molar-refractivity contribution is 5.52. The maximum Gasteiger partial charge on any atom is 0.572 e. The Balaban J connectivity index is 2.39. The molecule has 70 valence electrons. The quantitative estimate of drug-likeness (QED) is 0.532. The molecule has 1 heterocycles. The molecule has 6 heteroatoms. The van der Waals surface area contributed by atoms with Crippen LogP contribution in [0.3, 0.4) is 0 Å². The van der Waals surface area contributed by atoms with Gasteiger partial charge in [-0.3, -0.25) is 0 Å². The first-order valence-corrected chi connectivity index (χ1v) is 3.80. The summed E-state index contributed by atoms with van der Waals surface area (Å²) in [4.78, 5) is 9.53. The third-order valence-corrected chi connectivity index (χ3v) is 1.59. The average Bonchev–Trinajstić information content (AvgIpc) is 2.68. The largest absolute Gasteiger partial charge is 0.572 e. The van der Waals surface area contributed by atoms with Crippen molar-refractivity contribution in [2.75, 3.05) is 0 Å². The average molecular weight is 191 g/mol. The fourth-order valence-electron chi connectivity index (χ4n) is 0.987. The molecule has 0 saturated carbocycles. The van der Waals surface area contributed by atoms with E-state index < -0.39 is 10.9 Å². The highest BCUT2D eigenvalue weighted by Crippen LogP contribution is 2.19. The minimum Gasteiger partial charge on any atom is -0.361 e. The number of nitro groups is 1. The van der Waals surface area contributed by atoms with Crippen LogP contribution in [-0.2, 0) is 0 Å². The molecule has 0 radical (unpaired) electrons. The van der Waals surface area contributed by atoms with E-state index in [1.807, 2.05) is 6.07 Å². The standard InChI is InChI=1S/C8H5N3O3/c12-11(13)8-10-9-7(14-8)6-4-2-1-3-5-6/h1-5H. The van der Waals surface area contributed by atoms with Crippen molar-refractivity contribution >= 4 is 6.01 Å². The van der Waals surface area contributed by atoms with Gasteiger partial charge in [-0.25, -0.2) is 0 Å². The van der Waals surface area contributed by atoms with Gasteiger partial charge in [0.15, 0.2) is 0 Å². The molecule has 1 aromatic carbocycles. The van der Waals surface area contributed by atoms with Crippen LogP contribution in [0.15, 0.2) is 34.7 Å². The Hall–Kier alpha value is -2.24. The SMILES string of the molecule is O=[N+]([O-])c1nnc(-c2ccccc2)o1. The van der Waals surface area contributed by atoms with Crippen molar-refractivity contribution in [1.82, 2.24) is 10.2 Å². The van der Waals surface area contributed by atoms with Gasteiger partial charge in [0, 0.05) is 15.6 Å². The van der Waals surface area contributed by atoms with Crippen molar-refractivity contribution < 1.29 is 9.34 Å². The van der Waals surface area contributed by atoms with Gasteiger partial charge in [-0.2, -0.15) is 0 Å². The summed E-state index contributed by atoms with van der Waals surface area (Å²) in [6, 6.07) is 8.27. The molecule has 1 aromatic heterocycles. The zero-order valence-electron chi connectivity index (χ0n) is 6.95. The van der Waals surface area contributed by atoms with Gasteiger partial charge in [-0.15, -0.1) is 0 Å². The van der Waals surface area contributed by atoms with E-state index in [0.717, 1.165) is 0 Å². The second kappa shape index (κ2) is 3.25. The molecule has 0 unspecified atom stereocenters. The Labute approximate surface area is 78.3 Å². The fourth-order valence-corrected chi connectivity index (χ4v) is 0.987. The van der Waals surface area contributed by atoms with Gasteiger partial charge in [0.2, 0.25) is 0 Å². The van der Waals surface area contributed by atoms with Gasteiger partial charge in [-0.1, -0.05) is 18.2 Å². The smallest absolute Gasteiger partial charge is 0.361 e. The number of hydrogen-bond acceptors (Lipinski definition) is 5. The molecule has 0 bridgehead atoms. The maximum atomic E-state index is 10.3. The van der Waals surface area contributed by atoms with Crippen LogP contribution in [0.5, 0.6) is 0 Å². The van der Waals surface area contributed by atoms with Crippen molar-refractivity contribution in [3.63, 3.8) is 0 Å². The second-order valence-corrected chi connectivity index (χ2v) is 2.51. The van der Waals surface area contributed by atoms with Gasteiger partial charge in [-0.05, 0) is 12.1 Å². The van der Waals surface area contributed by atoms with E-state index in [9.17, 15) is 10.1 Å². The molecule has 0 atom stereocenters. The number of aromatic nitrogens is 2. The van der Waals surface area contributed by atoms with Crippen molar-refractivity contribution in [3.8, 4) is 11.5 Å². The molecule has 0 aliphatic carbocycles. The summed E-state index contributed by atoms with van der Waals surface area (Å²) in [6.07, 6.45) is 0. The number of hydrogen-bond donors (Lipinski definition) is 0. The molecule has 2 rings (SSSR count). The zero-order valence-corrected chi connectivity index (χ0v) is 6.95. The van der Waals surface area contributed by atoms with Crippen molar-refractivity contribution in [2.24, 2.45) is 0 Å². The molecular weight excluding hydrogens is 186 g/mol. The first kappa shape index (κ1) is 8.36. The van der Waals surface area contributed by atoms with E-state index in [0.29, 0.717) is 5.56 Å². The van der Waals surface area contributed by atoms with Crippen LogP contribution in [0.25, 0.3) is 11.5 Å². The molecule has 0 saturated heterocycles. The van der Waals surface area contributed by atoms with Crippen molar-refractivity contribution in [1.29, 1.82) is 0 Å². The van der Waals surface area contributed by atoms with E-state index in [4.69, 9.17) is 4.42 Å². The summed E-state index contributed by atoms with van der Waals surface area (Å²) >= 11 is 0. The van der Waals surface area contributed by atoms with Crippen LogP contribution in [0.1, 0.15) is 0 Å². The third kappa shape index (κ3) is 1.45. The van der Waals surface area contributed by atoms with E-state index in [2.05, 4.69) is 10.2 Å². The van der Waals surface area contributed by atoms with Crippen LogP contribution in [0, 0.1) is 10.1 Å². The second-order valence-electron chi connectivity index (χ2n) is 2.51. The first-order chi connectivity index (χ1) is 6.77. The Morgan fingerprint density at radius 2 is 1.93 bits per heavy atom. The summed E-state index contributed by atoms with van der Waals surface area (Å²) in [7, 11) is 0. The summed E-state index contributed by atoms with van der Waals surface area (Å²) in [5, 5.41) is 17.1. The third-order valence-electron chi connectivity index (χ3n) is 1.59. The highest BCUT2D eigenvalue weighted by Gasteiger charge is 2.18. The van der Waals surface area contributed by atoms with E-state index >= 15 is 0 Å². The lowest BCUT2D eigenvalue weighted by atomic mass is 10.2. The van der Waals surface area contributed by atoms with Gasteiger partial charge in [0.05, 0.1) is 0 Å². The summed E-state index contributed by atoms with van der Waals surface area (Å²) in [5.41, 5.74) is 0.660. The van der Waals surface area contributed by atoms with Crippen LogP contribution >= 0.6 is 0 Å². The summed E-state index contributed by atoms with van der Waals surface area (Å²) in [6.45, 7) is 0. The van der Waals surface area contributed by atoms with Crippen molar-refractivity contribution in [3.05, 3.63) is 40.4 Å². The predicted octanol–water partition coefficient (Wildman–Crippen LogP) is 1.64. The molecule has 0 aliphatic rings. The Morgan fingerprint density at radius 1 is 1.21 bits per heavy atom. The van der Waals surface area contributed by atoms with Crippen LogP contribution < -0.4 is 0 Å². The zero-order chi connectivity index (χ0) is 9.97. The lowest BCUT2D eigenvalue weighted by Crippen LogP contribution is -1.86. The normalized spacial score (nSPS) is 10.0. The van der Waals surface area contributed by atoms with Gasteiger partial charge in [0.1, 0.15) is 5.10 Å². The number of nitrogens with zero attached hydrogens (tertiary/aromatic N) is 3. The van der Waals surface area contributed by atoms with Crippen LogP contribution in [0.2, 0.25) is 0 Å². The first-order valence-electron chi connectivity index (χ1n) is 3.80. The van der Waals surface area contributed by atoms with Crippen LogP contribution in [-0.4, -0.2) is 15.1 Å². The van der Waals surface area contributed by atoms with E-state index in [1.165, 1.54) is 0 Å². The lowest BCUT2D eigenvalue weighted by molar-refractivity contribution is -0.407. The van der Waals surface area contributed by atoms with Gasteiger partial charge in [0.25, 0.3) is 5.89 Å². The fraction of sp³-hybridized carbons (Fsp3) is 0. The Kier molecular flexibility index (Phi) is 1.94. The molecule has 2 aromatic rings. The topological polar surface area (TPSA) is 82.1 Å². The molecule has 0 spiro atoms. The molecule has 0 fully saturated rings. The lowest BCUT2D eigenvalue weighted by Gasteiger charge is -1.89. The Morgan fingerprint density at radius 3 is 2.50 bits per heavy atom. The molecule has 0 N–H and O–H groups in total. The van der Waals surface area contributed by atoms with Crippen molar-refractivity contribution in [2.45, 2.75) is 0 Å². The molecule has 14 heavy (non-hydrogen) atoms. The van der Waals surface area contributed by atoms with E-state index in [1.54, 1.807) is 24.3 Å². The summed E-state index contributed by atoms with van der Waals surface area (Å²) in [5.74, 6) is 0.150. The van der Waals surface area contributed by atoms with Crippen LogP contribution in [0.4, 0.5) is 6.01 Å². The molecule has 0 amide bonds. The molecular formula is C8H5N3O3. The van der Waals surface area contributed by atoms with Gasteiger partial charge >= 0.3 is 6.01 Å². The predicted molar refractivity (Wildman–Crippen MR) is 46.4 cm³/mol. The van der Waals surface area contributed by atoms with Gasteiger partial charge < -0.3 is 14.5 Å². The highest BCUT2D eigenvalue weighted by atomic mass is 16.7. The Bertz CT molecular complexity index is 452. The molecule has 6 nitrogen and oxygen atoms in total. The van der Waals surface area contributed by atoms with E-state index in [-0.39, 0.29) is 5.89 Å². The minimum absolute atomic E-state index is 0.150. The minimum atomic E-state index is -0.723. The maximum absolute atomic E-state index is 10.3. The number of rotatable bonds is 2. The number of benzene rings is 1. The molecule has 0 aliphatic heterocycles. The summed E-state index contributed by atoms with van der Waals surface area (Å²) < 4.78 is 4.81. The monoisotopic (exact) mass is 191 g/mol.